The van der Waals surface area contributed by atoms with Crippen LogP contribution in [0.15, 0.2) is 4.52 Å². The lowest BCUT2D eigenvalue weighted by Gasteiger charge is -2.39. The molecule has 0 spiro atoms. The smallest absolute Gasteiger partial charge is 0.229 e. The summed E-state index contributed by atoms with van der Waals surface area (Å²) in [5.74, 6) is 1.51. The van der Waals surface area contributed by atoms with E-state index in [2.05, 4.69) is 10.1 Å². The first-order chi connectivity index (χ1) is 7.69. The molecule has 1 aliphatic carbocycles. The second-order valence-electron chi connectivity index (χ2n) is 4.60. The first-order valence-corrected chi connectivity index (χ1v) is 5.77. The molecule has 0 aliphatic heterocycles. The van der Waals surface area contributed by atoms with Gasteiger partial charge in [0.2, 0.25) is 5.89 Å². The predicted molar refractivity (Wildman–Crippen MR) is 59.1 cm³/mol. The normalized spacial score (nSPS) is 20.4. The molecule has 0 bridgehead atoms. The van der Waals surface area contributed by atoms with Gasteiger partial charge in [-0.15, -0.1) is 0 Å². The molecule has 1 fully saturated rings. The lowest BCUT2D eigenvalue weighted by Crippen LogP contribution is -2.41. The van der Waals surface area contributed by atoms with Gasteiger partial charge in [0.15, 0.2) is 5.82 Å². The standard InChI is InChI=1S/C11H19N3O2/c1-8(7-12)10-13-9(16-14-10)6-11(15-2)4-3-5-11/h8H,3-7,12H2,1-2H3. The molecular formula is C11H19N3O2. The average molecular weight is 225 g/mol. The first-order valence-electron chi connectivity index (χ1n) is 5.77. The minimum Gasteiger partial charge on any atom is -0.378 e. The fourth-order valence-corrected chi connectivity index (χ4v) is 1.95. The van der Waals surface area contributed by atoms with Crippen molar-refractivity contribution in [1.82, 2.24) is 10.1 Å². The van der Waals surface area contributed by atoms with Crippen molar-refractivity contribution in [2.75, 3.05) is 13.7 Å². The van der Waals surface area contributed by atoms with E-state index in [1.807, 2.05) is 6.92 Å². The van der Waals surface area contributed by atoms with Gasteiger partial charge < -0.3 is 15.0 Å². The Bertz CT molecular complexity index is 341. The molecule has 1 unspecified atom stereocenters. The Balaban J connectivity index is 2.02. The van der Waals surface area contributed by atoms with Gasteiger partial charge in [-0.05, 0) is 19.3 Å². The van der Waals surface area contributed by atoms with Gasteiger partial charge in [-0.1, -0.05) is 12.1 Å². The molecule has 0 aromatic carbocycles. The van der Waals surface area contributed by atoms with Gasteiger partial charge in [-0.3, -0.25) is 0 Å². The van der Waals surface area contributed by atoms with E-state index in [0.717, 1.165) is 12.8 Å². The molecule has 0 saturated heterocycles. The van der Waals surface area contributed by atoms with Gasteiger partial charge >= 0.3 is 0 Å². The number of nitrogens with two attached hydrogens (primary N) is 1. The molecule has 1 saturated carbocycles. The first kappa shape index (κ1) is 11.5. The Hall–Kier alpha value is -0.940. The van der Waals surface area contributed by atoms with E-state index in [9.17, 15) is 0 Å². The van der Waals surface area contributed by atoms with Crippen molar-refractivity contribution < 1.29 is 9.26 Å². The maximum Gasteiger partial charge on any atom is 0.229 e. The summed E-state index contributed by atoms with van der Waals surface area (Å²) in [5, 5.41) is 3.94. The number of hydrogen-bond donors (Lipinski definition) is 1. The highest BCUT2D eigenvalue weighted by Crippen LogP contribution is 2.37. The van der Waals surface area contributed by atoms with Gasteiger partial charge in [-0.2, -0.15) is 4.98 Å². The van der Waals surface area contributed by atoms with Crippen molar-refractivity contribution in [3.8, 4) is 0 Å². The zero-order chi connectivity index (χ0) is 11.6. The van der Waals surface area contributed by atoms with Crippen molar-refractivity contribution in [2.24, 2.45) is 5.73 Å². The average Bonchev–Trinajstić information content (AvgIpc) is 2.70. The van der Waals surface area contributed by atoms with Crippen LogP contribution < -0.4 is 5.73 Å². The van der Waals surface area contributed by atoms with E-state index in [0.29, 0.717) is 24.7 Å². The molecular weight excluding hydrogens is 206 g/mol. The lowest BCUT2D eigenvalue weighted by molar-refractivity contribution is -0.0751. The van der Waals surface area contributed by atoms with Crippen LogP contribution in [-0.2, 0) is 11.2 Å². The fraction of sp³-hybridized carbons (Fsp3) is 0.818. The number of rotatable bonds is 5. The summed E-state index contributed by atoms with van der Waals surface area (Å²) in [6.07, 6.45) is 4.09. The minimum absolute atomic E-state index is 0.0598. The number of ether oxygens (including phenoxy) is 1. The topological polar surface area (TPSA) is 74.2 Å². The Morgan fingerprint density at radius 3 is 2.81 bits per heavy atom. The van der Waals surface area contributed by atoms with Crippen LogP contribution in [0.2, 0.25) is 0 Å². The van der Waals surface area contributed by atoms with Gasteiger partial charge in [0.05, 0.1) is 12.0 Å². The fourth-order valence-electron chi connectivity index (χ4n) is 1.95. The third-order valence-corrected chi connectivity index (χ3v) is 3.45. The maximum atomic E-state index is 5.56. The quantitative estimate of drug-likeness (QED) is 0.816. The second-order valence-corrected chi connectivity index (χ2v) is 4.60. The summed E-state index contributed by atoms with van der Waals surface area (Å²) < 4.78 is 10.7. The van der Waals surface area contributed by atoms with Gasteiger partial charge in [0.1, 0.15) is 0 Å². The summed E-state index contributed by atoms with van der Waals surface area (Å²) in [5.41, 5.74) is 5.50. The van der Waals surface area contributed by atoms with Gasteiger partial charge in [0, 0.05) is 19.6 Å². The van der Waals surface area contributed by atoms with Gasteiger partial charge in [0.25, 0.3) is 0 Å². The molecule has 5 nitrogen and oxygen atoms in total. The van der Waals surface area contributed by atoms with Crippen molar-refractivity contribution >= 4 is 0 Å². The van der Waals surface area contributed by atoms with Crippen LogP contribution in [0.4, 0.5) is 0 Å². The highest BCUT2D eigenvalue weighted by atomic mass is 16.5. The van der Waals surface area contributed by atoms with Crippen LogP contribution in [0.25, 0.3) is 0 Å². The van der Waals surface area contributed by atoms with E-state index < -0.39 is 0 Å². The Morgan fingerprint density at radius 2 is 2.31 bits per heavy atom. The molecule has 1 aliphatic rings. The predicted octanol–water partition coefficient (Wildman–Crippen LogP) is 1.24. The molecule has 2 rings (SSSR count). The third-order valence-electron chi connectivity index (χ3n) is 3.45. The molecule has 0 amide bonds. The summed E-state index contributed by atoms with van der Waals surface area (Å²) in [7, 11) is 1.75. The van der Waals surface area contributed by atoms with Crippen molar-refractivity contribution in [3.05, 3.63) is 11.7 Å². The van der Waals surface area contributed by atoms with E-state index in [1.54, 1.807) is 7.11 Å². The summed E-state index contributed by atoms with van der Waals surface area (Å²) in [6.45, 7) is 2.53. The molecule has 1 aromatic heterocycles. The number of hydrogen-bond acceptors (Lipinski definition) is 5. The zero-order valence-corrected chi connectivity index (χ0v) is 9.90. The van der Waals surface area contributed by atoms with Crippen LogP contribution in [0.1, 0.15) is 43.8 Å². The summed E-state index contributed by atoms with van der Waals surface area (Å²) in [4.78, 5) is 4.36. The lowest BCUT2D eigenvalue weighted by atomic mass is 9.77. The van der Waals surface area contributed by atoms with Crippen LogP contribution in [0.3, 0.4) is 0 Å². The SMILES string of the molecule is COC1(Cc2nc(C(C)CN)no2)CCC1. The van der Waals surface area contributed by atoms with Crippen LogP contribution in [0, 0.1) is 0 Å². The highest BCUT2D eigenvalue weighted by molar-refractivity contribution is 5.01. The summed E-state index contributed by atoms with van der Waals surface area (Å²) >= 11 is 0. The number of methoxy groups -OCH3 is 1. The van der Waals surface area contributed by atoms with Gasteiger partial charge in [-0.25, -0.2) is 0 Å². The zero-order valence-electron chi connectivity index (χ0n) is 9.90. The number of nitrogens with zero attached hydrogens (tertiary/aromatic N) is 2. The van der Waals surface area contributed by atoms with E-state index >= 15 is 0 Å². The molecule has 0 radical (unpaired) electrons. The minimum atomic E-state index is -0.0598. The van der Waals surface area contributed by atoms with E-state index in [4.69, 9.17) is 15.0 Å². The molecule has 90 valence electrons. The highest BCUT2D eigenvalue weighted by Gasteiger charge is 2.38. The maximum absolute atomic E-state index is 5.56. The van der Waals surface area contributed by atoms with Crippen molar-refractivity contribution in [3.63, 3.8) is 0 Å². The van der Waals surface area contributed by atoms with Crippen LogP contribution in [-0.4, -0.2) is 29.4 Å². The Morgan fingerprint density at radius 1 is 1.56 bits per heavy atom. The van der Waals surface area contributed by atoms with E-state index in [1.165, 1.54) is 6.42 Å². The Kier molecular flexibility index (Phi) is 3.25. The third kappa shape index (κ3) is 2.10. The molecule has 1 heterocycles. The van der Waals surface area contributed by atoms with Crippen LogP contribution in [0.5, 0.6) is 0 Å². The summed E-state index contributed by atoms with van der Waals surface area (Å²) in [6, 6.07) is 0. The van der Waals surface area contributed by atoms with Crippen LogP contribution >= 0.6 is 0 Å². The largest absolute Gasteiger partial charge is 0.378 e. The van der Waals surface area contributed by atoms with Crippen molar-refractivity contribution in [1.29, 1.82) is 0 Å². The van der Waals surface area contributed by atoms with Crippen molar-refractivity contribution in [2.45, 2.75) is 44.1 Å². The molecule has 2 N–H and O–H groups in total. The monoisotopic (exact) mass is 225 g/mol. The molecule has 5 heteroatoms. The second kappa shape index (κ2) is 4.51. The number of aromatic nitrogens is 2. The van der Waals surface area contributed by atoms with E-state index in [-0.39, 0.29) is 11.5 Å². The Labute approximate surface area is 95.3 Å². The molecule has 16 heavy (non-hydrogen) atoms. The molecule has 1 aromatic rings. The molecule has 1 atom stereocenters.